The number of nitrogens with one attached hydrogen (secondary N) is 2. The molecule has 194 valence electrons. The first-order valence-corrected chi connectivity index (χ1v) is 13.2. The summed E-state index contributed by atoms with van der Waals surface area (Å²) in [7, 11) is 0. The van der Waals surface area contributed by atoms with E-state index in [0.717, 1.165) is 39.3 Å². The number of hydrogen-bond acceptors (Lipinski definition) is 3. The van der Waals surface area contributed by atoms with Crippen LogP contribution in [0.2, 0.25) is 0 Å². The molecule has 1 heterocycles. The lowest BCUT2D eigenvalue weighted by Gasteiger charge is -2.18. The third kappa shape index (κ3) is 4.93. The van der Waals surface area contributed by atoms with Crippen molar-refractivity contribution in [2.45, 2.75) is 12.5 Å². The first-order chi connectivity index (χ1) is 19.6. The Morgan fingerprint density at radius 3 is 2.33 bits per heavy atom. The summed E-state index contributed by atoms with van der Waals surface area (Å²) in [6, 6.07) is 33.9. The zero-order valence-corrected chi connectivity index (χ0v) is 21.6. The molecule has 6 rings (SSSR count). The van der Waals surface area contributed by atoms with E-state index in [2.05, 4.69) is 10.6 Å². The molecule has 0 unspecified atom stereocenters. The van der Waals surface area contributed by atoms with Crippen molar-refractivity contribution >= 4 is 46.7 Å². The fourth-order valence-corrected chi connectivity index (χ4v) is 5.23. The highest BCUT2D eigenvalue weighted by atomic mass is 16.2. The van der Waals surface area contributed by atoms with Gasteiger partial charge in [0.15, 0.2) is 0 Å². The average Bonchev–Trinajstić information content (AvgIpc) is 3.10. The third-order valence-electron chi connectivity index (χ3n) is 7.15. The van der Waals surface area contributed by atoms with Gasteiger partial charge in [-0.05, 0) is 63.7 Å². The molecule has 0 aliphatic carbocycles. The Balaban J connectivity index is 1.48. The molecule has 2 N–H and O–H groups in total. The molecule has 2 amide bonds. The number of hydrogen-bond donors (Lipinski definition) is 2. The number of rotatable bonds is 7. The van der Waals surface area contributed by atoms with Crippen molar-refractivity contribution < 1.29 is 14.4 Å². The second-order valence-corrected chi connectivity index (χ2v) is 9.80. The monoisotopic (exact) mass is 522 g/mol. The molecule has 1 aliphatic rings. The highest BCUT2D eigenvalue weighted by Gasteiger charge is 2.25. The van der Waals surface area contributed by atoms with E-state index in [0.29, 0.717) is 28.8 Å². The van der Waals surface area contributed by atoms with Gasteiger partial charge in [-0.1, -0.05) is 97.1 Å². The van der Waals surface area contributed by atoms with Crippen LogP contribution < -0.4 is 10.6 Å². The standard InChI is InChI=1S/C35H26N2O3/c38-22-27(19-24-11-5-2-6-12-24)36-34(39)30-17-18-32-33(29(30)16-15-23-9-3-1-4-10-23)26-20-25-13-7-8-14-28(25)31(21-26)35(40)37-32/h1-18,20-22,27H,19H2,(H,36,39)(H,37,40)/b16-15+/t27-/m0/s1. The van der Waals surface area contributed by atoms with Crippen molar-refractivity contribution in [3.8, 4) is 11.1 Å². The Morgan fingerprint density at radius 2 is 1.55 bits per heavy atom. The van der Waals surface area contributed by atoms with Crippen LogP contribution in [0, 0.1) is 0 Å². The molecule has 0 saturated carbocycles. The zero-order valence-electron chi connectivity index (χ0n) is 21.6. The molecule has 5 aromatic carbocycles. The summed E-state index contributed by atoms with van der Waals surface area (Å²) in [6.07, 6.45) is 5.01. The number of amides is 2. The van der Waals surface area contributed by atoms with Crippen LogP contribution in [0.4, 0.5) is 5.69 Å². The van der Waals surface area contributed by atoms with Crippen LogP contribution in [0.15, 0.2) is 109 Å². The van der Waals surface area contributed by atoms with E-state index in [1.54, 1.807) is 12.1 Å². The fraction of sp³-hybridized carbons (Fsp3) is 0.0571. The van der Waals surface area contributed by atoms with Gasteiger partial charge in [0.2, 0.25) is 0 Å². The minimum Gasteiger partial charge on any atom is -0.342 e. The van der Waals surface area contributed by atoms with Crippen LogP contribution in [0.5, 0.6) is 0 Å². The number of benzene rings is 5. The minimum absolute atomic E-state index is 0.198. The molecule has 0 saturated heterocycles. The summed E-state index contributed by atoms with van der Waals surface area (Å²) in [6.45, 7) is 0. The van der Waals surface area contributed by atoms with Crippen molar-refractivity contribution in [3.63, 3.8) is 0 Å². The van der Waals surface area contributed by atoms with Crippen molar-refractivity contribution in [1.82, 2.24) is 5.32 Å². The SMILES string of the molecule is O=C[C@H](Cc1ccccc1)NC(=O)c1ccc2c(c1/C=C/c1ccccc1)-c1cc(c3ccccc3c1)C(=O)N2. The Labute approximate surface area is 232 Å². The van der Waals surface area contributed by atoms with Crippen molar-refractivity contribution in [3.05, 3.63) is 137 Å². The van der Waals surface area contributed by atoms with Crippen molar-refractivity contribution in [1.29, 1.82) is 0 Å². The Morgan fingerprint density at radius 1 is 0.825 bits per heavy atom. The lowest BCUT2D eigenvalue weighted by molar-refractivity contribution is -0.109. The molecule has 5 nitrogen and oxygen atoms in total. The second kappa shape index (κ2) is 10.8. The smallest absolute Gasteiger partial charge is 0.256 e. The van der Waals surface area contributed by atoms with Gasteiger partial charge >= 0.3 is 0 Å². The normalized spacial score (nSPS) is 12.8. The van der Waals surface area contributed by atoms with E-state index >= 15 is 0 Å². The molecule has 0 radical (unpaired) electrons. The van der Waals surface area contributed by atoms with Gasteiger partial charge in [0.25, 0.3) is 11.8 Å². The van der Waals surface area contributed by atoms with Crippen LogP contribution in [0.1, 0.15) is 37.4 Å². The van der Waals surface area contributed by atoms with E-state index in [4.69, 9.17) is 0 Å². The number of aldehydes is 1. The molecule has 0 fully saturated rings. The van der Waals surface area contributed by atoms with E-state index < -0.39 is 6.04 Å². The van der Waals surface area contributed by atoms with Gasteiger partial charge in [-0.2, -0.15) is 0 Å². The summed E-state index contributed by atoms with van der Waals surface area (Å²) >= 11 is 0. The largest absolute Gasteiger partial charge is 0.342 e. The second-order valence-electron chi connectivity index (χ2n) is 9.80. The fourth-order valence-electron chi connectivity index (χ4n) is 5.23. The minimum atomic E-state index is -0.688. The van der Waals surface area contributed by atoms with Gasteiger partial charge in [-0.3, -0.25) is 9.59 Å². The summed E-state index contributed by atoms with van der Waals surface area (Å²) < 4.78 is 0. The molecule has 1 atom stereocenters. The van der Waals surface area contributed by atoms with Gasteiger partial charge < -0.3 is 15.4 Å². The molecular weight excluding hydrogens is 496 g/mol. The molecule has 1 aliphatic heterocycles. The number of carbonyl (C=O) groups excluding carboxylic acids is 3. The highest BCUT2D eigenvalue weighted by molar-refractivity contribution is 6.18. The van der Waals surface area contributed by atoms with E-state index in [-0.39, 0.29) is 11.8 Å². The lowest BCUT2D eigenvalue weighted by atomic mass is 9.90. The van der Waals surface area contributed by atoms with Gasteiger partial charge in [-0.25, -0.2) is 0 Å². The first kappa shape index (κ1) is 25.0. The predicted octanol–water partition coefficient (Wildman–Crippen LogP) is 6.78. The number of carbonyl (C=O) groups is 3. The van der Waals surface area contributed by atoms with E-state index in [1.165, 1.54) is 0 Å². The molecule has 5 heteroatoms. The Bertz CT molecular complexity index is 1780. The average molecular weight is 523 g/mol. The molecule has 2 bridgehead atoms. The molecule has 0 spiro atoms. The first-order valence-electron chi connectivity index (χ1n) is 13.2. The quantitative estimate of drug-likeness (QED) is 0.183. The lowest BCUT2D eigenvalue weighted by Crippen LogP contribution is -2.38. The van der Waals surface area contributed by atoms with Gasteiger partial charge in [-0.15, -0.1) is 0 Å². The zero-order chi connectivity index (χ0) is 27.5. The van der Waals surface area contributed by atoms with E-state index in [1.807, 2.05) is 109 Å². The highest BCUT2D eigenvalue weighted by Crippen LogP contribution is 2.40. The maximum absolute atomic E-state index is 13.7. The molecular formula is C35H26N2O3. The van der Waals surface area contributed by atoms with Crippen LogP contribution in [0.3, 0.4) is 0 Å². The van der Waals surface area contributed by atoms with Crippen LogP contribution >= 0.6 is 0 Å². The topological polar surface area (TPSA) is 75.3 Å². The van der Waals surface area contributed by atoms with Crippen molar-refractivity contribution in [2.75, 3.05) is 5.32 Å². The van der Waals surface area contributed by atoms with E-state index in [9.17, 15) is 14.4 Å². The van der Waals surface area contributed by atoms with Gasteiger partial charge in [0, 0.05) is 22.4 Å². The molecule has 0 aromatic heterocycles. The van der Waals surface area contributed by atoms with Crippen LogP contribution in [-0.4, -0.2) is 24.1 Å². The van der Waals surface area contributed by atoms with Crippen molar-refractivity contribution in [2.24, 2.45) is 0 Å². The van der Waals surface area contributed by atoms with Gasteiger partial charge in [0.1, 0.15) is 6.29 Å². The summed E-state index contributed by atoms with van der Waals surface area (Å²) in [5, 5.41) is 7.77. The molecule has 5 aromatic rings. The summed E-state index contributed by atoms with van der Waals surface area (Å²) in [5.74, 6) is -0.559. The predicted molar refractivity (Wildman–Crippen MR) is 160 cm³/mol. The van der Waals surface area contributed by atoms with Crippen LogP contribution in [-0.2, 0) is 11.2 Å². The number of anilines is 1. The summed E-state index contributed by atoms with van der Waals surface area (Å²) in [5.41, 5.74) is 5.79. The Kier molecular flexibility index (Phi) is 6.77. The molecule has 40 heavy (non-hydrogen) atoms. The summed E-state index contributed by atoms with van der Waals surface area (Å²) in [4.78, 5) is 38.9. The van der Waals surface area contributed by atoms with Crippen LogP contribution in [0.25, 0.3) is 34.1 Å². The number of fused-ring (bicyclic) bond motifs is 6. The third-order valence-corrected chi connectivity index (χ3v) is 7.15. The Hall–Kier alpha value is -5.29. The maximum atomic E-state index is 13.7. The van der Waals surface area contributed by atoms with Gasteiger partial charge in [0.05, 0.1) is 6.04 Å². The maximum Gasteiger partial charge on any atom is 0.256 e.